The van der Waals surface area contributed by atoms with E-state index in [1.165, 1.54) is 22.5 Å². The van der Waals surface area contributed by atoms with Crippen molar-refractivity contribution < 1.29 is 23.6 Å². The number of amides is 4. The SMILES string of the molecule is Cc1nc2ccc(C(=O)N3CCNC(=O)c4coc(n4)[C@H](Cc4ccccc4)NC(=O)c4csc(n4)[C@H](C(C)C)NC(=O)C3)cc2[nH]1. The first-order chi connectivity index (χ1) is 22.6. The van der Waals surface area contributed by atoms with Crippen LogP contribution in [0.2, 0.25) is 0 Å². The second kappa shape index (κ2) is 13.5. The Hall–Kier alpha value is -5.37. The zero-order chi connectivity index (χ0) is 33.1. The van der Waals surface area contributed by atoms with Crippen molar-refractivity contribution >= 4 is 46.0 Å². The summed E-state index contributed by atoms with van der Waals surface area (Å²) in [4.78, 5) is 71.6. The van der Waals surface area contributed by atoms with Gasteiger partial charge in [0.1, 0.15) is 28.8 Å². The van der Waals surface area contributed by atoms with Gasteiger partial charge >= 0.3 is 0 Å². The normalized spacial score (nSPS) is 18.0. The Bertz CT molecular complexity index is 1930. The minimum atomic E-state index is -0.694. The van der Waals surface area contributed by atoms with Gasteiger partial charge in [-0.15, -0.1) is 11.3 Å². The van der Waals surface area contributed by atoms with Crippen LogP contribution >= 0.6 is 11.3 Å². The van der Waals surface area contributed by atoms with Gasteiger partial charge in [-0.2, -0.15) is 0 Å². The quantitative estimate of drug-likeness (QED) is 0.227. The van der Waals surface area contributed by atoms with Crippen molar-refractivity contribution in [3.8, 4) is 0 Å². The van der Waals surface area contributed by atoms with Crippen LogP contribution in [-0.4, -0.2) is 68.1 Å². The number of hydrogen-bond acceptors (Lipinski definition) is 9. The maximum atomic E-state index is 13.8. The lowest BCUT2D eigenvalue weighted by Gasteiger charge is -2.25. The van der Waals surface area contributed by atoms with E-state index < -0.39 is 29.8 Å². The van der Waals surface area contributed by atoms with Gasteiger partial charge in [-0.05, 0) is 36.6 Å². The zero-order valence-corrected chi connectivity index (χ0v) is 26.9. The summed E-state index contributed by atoms with van der Waals surface area (Å²) in [5.41, 5.74) is 2.90. The van der Waals surface area contributed by atoms with Gasteiger partial charge in [0, 0.05) is 30.5 Å². The fourth-order valence-corrected chi connectivity index (χ4v) is 6.40. The Labute approximate surface area is 274 Å². The first-order valence-electron chi connectivity index (χ1n) is 15.2. The molecule has 6 rings (SSSR count). The Kier molecular flexibility index (Phi) is 9.11. The van der Waals surface area contributed by atoms with Gasteiger partial charge in [0.05, 0.1) is 23.6 Å². The third kappa shape index (κ3) is 7.22. The number of aromatic amines is 1. The van der Waals surface area contributed by atoms with Crippen LogP contribution < -0.4 is 16.0 Å². The van der Waals surface area contributed by atoms with Crippen molar-refractivity contribution in [1.29, 1.82) is 0 Å². The van der Waals surface area contributed by atoms with Gasteiger partial charge in [-0.25, -0.2) is 15.0 Å². The van der Waals surface area contributed by atoms with Crippen molar-refractivity contribution in [2.45, 2.75) is 39.3 Å². The Morgan fingerprint density at radius 1 is 1.02 bits per heavy atom. The molecule has 47 heavy (non-hydrogen) atoms. The molecule has 1 aliphatic rings. The van der Waals surface area contributed by atoms with E-state index in [2.05, 4.69) is 35.9 Å². The van der Waals surface area contributed by atoms with Crippen LogP contribution in [0.4, 0.5) is 0 Å². The van der Waals surface area contributed by atoms with Gasteiger partial charge in [-0.3, -0.25) is 19.2 Å². The number of aryl methyl sites for hydroxylation is 1. The molecule has 4 heterocycles. The molecule has 0 unspecified atom stereocenters. The van der Waals surface area contributed by atoms with Crippen molar-refractivity contribution in [3.63, 3.8) is 0 Å². The van der Waals surface area contributed by atoms with Crippen LogP contribution in [0.25, 0.3) is 11.0 Å². The van der Waals surface area contributed by atoms with Crippen LogP contribution in [0.1, 0.15) is 79.6 Å². The van der Waals surface area contributed by atoms with E-state index >= 15 is 0 Å². The highest BCUT2D eigenvalue weighted by molar-refractivity contribution is 7.09. The molecule has 3 aromatic heterocycles. The number of carbonyl (C=O) groups is 4. The predicted molar refractivity (Wildman–Crippen MR) is 174 cm³/mol. The second-order valence-electron chi connectivity index (χ2n) is 11.7. The van der Waals surface area contributed by atoms with Gasteiger partial charge < -0.3 is 30.3 Å². The molecule has 1 aliphatic heterocycles. The lowest BCUT2D eigenvalue weighted by molar-refractivity contribution is -0.122. The van der Waals surface area contributed by atoms with E-state index in [4.69, 9.17) is 4.42 Å². The lowest BCUT2D eigenvalue weighted by atomic mass is 10.0. The number of imidazole rings is 1. The summed E-state index contributed by atoms with van der Waals surface area (Å²) < 4.78 is 5.71. The molecule has 5 aromatic rings. The van der Waals surface area contributed by atoms with Crippen LogP contribution in [-0.2, 0) is 11.2 Å². The minimum Gasteiger partial charge on any atom is -0.446 e. The number of benzene rings is 2. The van der Waals surface area contributed by atoms with Gasteiger partial charge in [0.25, 0.3) is 17.7 Å². The van der Waals surface area contributed by atoms with Crippen molar-refractivity contribution in [2.75, 3.05) is 19.6 Å². The van der Waals surface area contributed by atoms with E-state index in [0.29, 0.717) is 28.3 Å². The first kappa shape index (κ1) is 31.6. The minimum absolute atomic E-state index is 0.0137. The number of nitrogens with one attached hydrogen (secondary N) is 4. The largest absolute Gasteiger partial charge is 0.446 e. The molecule has 0 fully saturated rings. The van der Waals surface area contributed by atoms with Gasteiger partial charge in [0.2, 0.25) is 11.8 Å². The maximum absolute atomic E-state index is 13.8. The molecule has 242 valence electrons. The van der Waals surface area contributed by atoms with Gasteiger partial charge in [0.15, 0.2) is 5.69 Å². The topological polar surface area (TPSA) is 175 Å². The second-order valence-corrected chi connectivity index (χ2v) is 12.6. The fourth-order valence-electron chi connectivity index (χ4n) is 5.37. The number of nitrogens with zero attached hydrogens (tertiary/aromatic N) is 4. The number of oxazole rings is 1. The Balaban J connectivity index is 1.31. The summed E-state index contributed by atoms with van der Waals surface area (Å²) in [6, 6.07) is 13.4. The highest BCUT2D eigenvalue weighted by atomic mass is 32.1. The molecule has 0 radical (unpaired) electrons. The number of aromatic nitrogens is 4. The van der Waals surface area contributed by atoms with Gasteiger partial charge in [-0.1, -0.05) is 44.2 Å². The molecule has 2 atom stereocenters. The summed E-state index contributed by atoms with van der Waals surface area (Å²) >= 11 is 1.26. The lowest BCUT2D eigenvalue weighted by Crippen LogP contribution is -2.45. The standard InChI is InChI=1S/C33H34N8O5S/c1-18(2)28-32-39-26(17-47-32)30(44)37-24(13-20-7-5-4-6-8-20)31-38-25(16-46-31)29(43)34-11-12-41(15-27(42)40-28)33(45)21-9-10-22-23(14-21)36-19(3)35-22/h4-10,14,16-18,24,28H,11-13,15H2,1-3H3,(H,34,43)(H,35,36)(H,37,44)(H,40,42)/t24-,28-/m0/s1. The molecule has 0 saturated heterocycles. The van der Waals surface area contributed by atoms with Crippen molar-refractivity contribution in [1.82, 2.24) is 40.8 Å². The summed E-state index contributed by atoms with van der Waals surface area (Å²) in [5.74, 6) is -0.967. The number of carbonyl (C=O) groups excluding carboxylic acids is 4. The summed E-state index contributed by atoms with van der Waals surface area (Å²) in [6.45, 7) is 5.52. The fraction of sp³-hybridized carbons (Fsp3) is 0.303. The molecule has 14 heteroatoms. The molecule has 0 aliphatic carbocycles. The maximum Gasteiger partial charge on any atom is 0.273 e. The molecule has 13 nitrogen and oxygen atoms in total. The summed E-state index contributed by atoms with van der Waals surface area (Å²) in [7, 11) is 0. The zero-order valence-electron chi connectivity index (χ0n) is 26.1. The van der Waals surface area contributed by atoms with E-state index in [0.717, 1.165) is 11.1 Å². The number of fused-ring (bicyclic) bond motifs is 5. The molecular weight excluding hydrogens is 620 g/mol. The molecule has 2 aromatic carbocycles. The predicted octanol–water partition coefficient (Wildman–Crippen LogP) is 3.73. The average molecular weight is 655 g/mol. The highest BCUT2D eigenvalue weighted by Crippen LogP contribution is 2.26. The molecular formula is C33H34N8O5S. The highest BCUT2D eigenvalue weighted by Gasteiger charge is 2.28. The molecule has 0 spiro atoms. The average Bonchev–Trinajstić information content (AvgIpc) is 3.82. The third-order valence-corrected chi connectivity index (χ3v) is 8.71. The molecule has 4 N–H and O–H groups in total. The summed E-state index contributed by atoms with van der Waals surface area (Å²) in [5, 5.41) is 10.9. The summed E-state index contributed by atoms with van der Waals surface area (Å²) in [6.07, 6.45) is 1.59. The number of rotatable bonds is 4. The monoisotopic (exact) mass is 654 g/mol. The first-order valence-corrected chi connectivity index (χ1v) is 16.1. The van der Waals surface area contributed by atoms with E-state index in [1.807, 2.05) is 51.1 Å². The van der Waals surface area contributed by atoms with Crippen LogP contribution in [0.3, 0.4) is 0 Å². The van der Waals surface area contributed by atoms with E-state index in [9.17, 15) is 19.2 Å². The number of thiazole rings is 1. The van der Waals surface area contributed by atoms with Crippen LogP contribution in [0.5, 0.6) is 0 Å². The van der Waals surface area contributed by atoms with Crippen molar-refractivity contribution in [2.24, 2.45) is 5.92 Å². The smallest absolute Gasteiger partial charge is 0.273 e. The number of H-pyrrole nitrogens is 1. The molecule has 0 saturated carbocycles. The van der Waals surface area contributed by atoms with Crippen molar-refractivity contribution in [3.05, 3.63) is 99.4 Å². The van der Waals surface area contributed by atoms with E-state index in [1.54, 1.807) is 23.6 Å². The van der Waals surface area contributed by atoms with Crippen LogP contribution in [0.15, 0.2) is 64.6 Å². The van der Waals surface area contributed by atoms with E-state index in [-0.39, 0.29) is 48.7 Å². The third-order valence-electron chi connectivity index (χ3n) is 7.78. The molecule has 4 bridgehead atoms. The molecule has 4 amide bonds. The Morgan fingerprint density at radius 2 is 1.83 bits per heavy atom. The Morgan fingerprint density at radius 3 is 2.62 bits per heavy atom. The van der Waals surface area contributed by atoms with Crippen LogP contribution in [0, 0.1) is 12.8 Å². The number of hydrogen-bond donors (Lipinski definition) is 4.